The second kappa shape index (κ2) is 7.63. The van der Waals surface area contributed by atoms with Crippen LogP contribution in [-0.2, 0) is 14.2 Å². The first-order chi connectivity index (χ1) is 10.8. The predicted octanol–water partition coefficient (Wildman–Crippen LogP) is -5.40. The van der Waals surface area contributed by atoms with Gasteiger partial charge < -0.3 is 55.1 Å². The largest absolute Gasteiger partial charge is 0.394 e. The molecule has 0 aromatic carbocycles. The third kappa shape index (κ3) is 3.65. The number of rotatable bonds is 4. The van der Waals surface area contributed by atoms with Gasteiger partial charge in [0.05, 0.1) is 13.2 Å². The number of hydrogen-bond donors (Lipinski definition) is 8. The predicted molar refractivity (Wildman–Crippen MR) is 68.6 cm³/mol. The zero-order valence-electron chi connectivity index (χ0n) is 12.0. The van der Waals surface area contributed by atoms with Crippen LogP contribution in [0.1, 0.15) is 0 Å². The molecule has 2 rings (SSSR count). The fraction of sp³-hybridized carbons (Fsp3) is 1.00. The lowest BCUT2D eigenvalue weighted by Gasteiger charge is -2.45. The van der Waals surface area contributed by atoms with E-state index in [0.717, 1.165) is 0 Å². The fourth-order valence-corrected chi connectivity index (χ4v) is 2.57. The molecule has 11 heteroatoms. The molecule has 0 amide bonds. The van der Waals surface area contributed by atoms with Gasteiger partial charge in [-0.25, -0.2) is 0 Å². The Balaban J connectivity index is 2.11. The van der Waals surface area contributed by atoms with Gasteiger partial charge in [0.2, 0.25) is 0 Å². The molecule has 11 nitrogen and oxygen atoms in total. The SMILES string of the molecule is OCC1O[C@H](O[C@@H]2C(CO)OC(O)C(O)[C@H]2O)[C@H](O)C(O)[C@H]1O. The Kier molecular flexibility index (Phi) is 6.27. The molecule has 2 aliphatic rings. The summed E-state index contributed by atoms with van der Waals surface area (Å²) in [6, 6.07) is 0. The maximum Gasteiger partial charge on any atom is 0.187 e. The highest BCUT2D eigenvalue weighted by molar-refractivity contribution is 4.93. The summed E-state index contributed by atoms with van der Waals surface area (Å²) in [5.41, 5.74) is 0. The van der Waals surface area contributed by atoms with Gasteiger partial charge in [0.15, 0.2) is 12.6 Å². The average Bonchev–Trinajstić information content (AvgIpc) is 2.55. The Morgan fingerprint density at radius 3 is 1.83 bits per heavy atom. The number of aliphatic hydroxyl groups excluding tert-OH is 8. The minimum absolute atomic E-state index is 0.667. The molecule has 136 valence electrons. The van der Waals surface area contributed by atoms with Gasteiger partial charge in [-0.3, -0.25) is 0 Å². The summed E-state index contributed by atoms with van der Waals surface area (Å²) < 4.78 is 15.3. The zero-order valence-corrected chi connectivity index (χ0v) is 12.0. The molecule has 0 saturated carbocycles. The van der Waals surface area contributed by atoms with Gasteiger partial charge in [0.25, 0.3) is 0 Å². The standard InChI is InChI=1S/C12H22O11/c13-1-3-5(15)6(16)9(19)12(22-3)23-10-4(2-14)21-11(20)8(18)7(10)17/h3-20H,1-2H2/t3?,4?,5-,6?,7+,8?,9+,10+,11?,12+/m0/s1. The van der Waals surface area contributed by atoms with E-state index in [2.05, 4.69) is 0 Å². The molecule has 0 aliphatic carbocycles. The van der Waals surface area contributed by atoms with Gasteiger partial charge in [0, 0.05) is 0 Å². The first-order valence-electron chi connectivity index (χ1n) is 7.08. The number of ether oxygens (including phenoxy) is 3. The Bertz CT molecular complexity index is 378. The highest BCUT2D eigenvalue weighted by Crippen LogP contribution is 2.28. The lowest BCUT2D eigenvalue weighted by atomic mass is 9.97. The van der Waals surface area contributed by atoms with Crippen molar-refractivity contribution in [2.24, 2.45) is 0 Å². The van der Waals surface area contributed by atoms with Gasteiger partial charge in [-0.2, -0.15) is 0 Å². The molecule has 0 aromatic rings. The third-order valence-corrected chi connectivity index (χ3v) is 3.98. The Morgan fingerprint density at radius 2 is 1.26 bits per heavy atom. The summed E-state index contributed by atoms with van der Waals surface area (Å²) in [6.07, 6.45) is -15.6. The average molecular weight is 342 g/mol. The highest BCUT2D eigenvalue weighted by atomic mass is 16.7. The van der Waals surface area contributed by atoms with E-state index in [0.29, 0.717) is 0 Å². The lowest BCUT2D eigenvalue weighted by Crippen LogP contribution is -2.64. The smallest absolute Gasteiger partial charge is 0.187 e. The van der Waals surface area contributed by atoms with Crippen molar-refractivity contribution in [3.8, 4) is 0 Å². The van der Waals surface area contributed by atoms with Gasteiger partial charge in [0.1, 0.15) is 48.8 Å². The molecule has 23 heavy (non-hydrogen) atoms. The molecule has 0 bridgehead atoms. The van der Waals surface area contributed by atoms with E-state index < -0.39 is 74.6 Å². The maximum atomic E-state index is 9.94. The quantitative estimate of drug-likeness (QED) is 0.243. The molecule has 8 N–H and O–H groups in total. The normalized spacial score (nSPS) is 51.7. The van der Waals surface area contributed by atoms with Crippen molar-refractivity contribution >= 4 is 0 Å². The van der Waals surface area contributed by atoms with Gasteiger partial charge in [-0.05, 0) is 0 Å². The third-order valence-electron chi connectivity index (χ3n) is 3.98. The molecule has 2 aliphatic heterocycles. The first kappa shape index (κ1) is 18.9. The van der Waals surface area contributed by atoms with E-state index in [1.165, 1.54) is 0 Å². The summed E-state index contributed by atoms with van der Waals surface area (Å²) in [5, 5.41) is 76.5. The van der Waals surface area contributed by atoms with Crippen LogP contribution in [0, 0.1) is 0 Å². The van der Waals surface area contributed by atoms with Crippen LogP contribution in [0.5, 0.6) is 0 Å². The maximum absolute atomic E-state index is 9.94. The second-order valence-electron chi connectivity index (χ2n) is 5.53. The van der Waals surface area contributed by atoms with Crippen molar-refractivity contribution in [3.63, 3.8) is 0 Å². The van der Waals surface area contributed by atoms with Crippen LogP contribution in [0.25, 0.3) is 0 Å². The van der Waals surface area contributed by atoms with Crippen molar-refractivity contribution in [1.29, 1.82) is 0 Å². The molecule has 0 spiro atoms. The van der Waals surface area contributed by atoms with Crippen LogP contribution in [-0.4, -0.2) is 115 Å². The molecular weight excluding hydrogens is 320 g/mol. The van der Waals surface area contributed by atoms with E-state index >= 15 is 0 Å². The number of hydrogen-bond acceptors (Lipinski definition) is 11. The van der Waals surface area contributed by atoms with Crippen LogP contribution in [0.2, 0.25) is 0 Å². The molecule has 5 unspecified atom stereocenters. The topological polar surface area (TPSA) is 190 Å². The molecule has 10 atom stereocenters. The van der Waals surface area contributed by atoms with Crippen molar-refractivity contribution in [3.05, 3.63) is 0 Å². The molecule has 0 radical (unpaired) electrons. The summed E-state index contributed by atoms with van der Waals surface area (Å²) in [4.78, 5) is 0. The van der Waals surface area contributed by atoms with E-state index in [-0.39, 0.29) is 0 Å². The van der Waals surface area contributed by atoms with Crippen molar-refractivity contribution < 1.29 is 55.1 Å². The summed E-state index contributed by atoms with van der Waals surface area (Å²) in [5.74, 6) is 0. The second-order valence-corrected chi connectivity index (χ2v) is 5.53. The lowest BCUT2D eigenvalue weighted by molar-refractivity contribution is -0.355. The summed E-state index contributed by atoms with van der Waals surface area (Å²) in [7, 11) is 0. The minimum atomic E-state index is -1.74. The van der Waals surface area contributed by atoms with E-state index in [1.54, 1.807) is 0 Å². The van der Waals surface area contributed by atoms with Crippen molar-refractivity contribution in [1.82, 2.24) is 0 Å². The summed E-state index contributed by atoms with van der Waals surface area (Å²) >= 11 is 0. The van der Waals surface area contributed by atoms with Crippen LogP contribution < -0.4 is 0 Å². The molecule has 2 saturated heterocycles. The number of aliphatic hydroxyl groups is 8. The van der Waals surface area contributed by atoms with E-state index in [4.69, 9.17) is 19.3 Å². The van der Waals surface area contributed by atoms with E-state index in [9.17, 15) is 35.7 Å². The van der Waals surface area contributed by atoms with Crippen LogP contribution in [0.15, 0.2) is 0 Å². The summed E-state index contributed by atoms with van der Waals surface area (Å²) in [6.45, 7) is -1.35. The van der Waals surface area contributed by atoms with Crippen LogP contribution in [0.4, 0.5) is 0 Å². The first-order valence-corrected chi connectivity index (χ1v) is 7.08. The van der Waals surface area contributed by atoms with Crippen molar-refractivity contribution in [2.75, 3.05) is 13.2 Å². The fourth-order valence-electron chi connectivity index (χ4n) is 2.57. The molecule has 2 heterocycles. The molecular formula is C12H22O11. The van der Waals surface area contributed by atoms with Crippen LogP contribution >= 0.6 is 0 Å². The van der Waals surface area contributed by atoms with Gasteiger partial charge in [-0.15, -0.1) is 0 Å². The minimum Gasteiger partial charge on any atom is -0.394 e. The van der Waals surface area contributed by atoms with E-state index in [1.807, 2.05) is 0 Å². The molecule has 0 aromatic heterocycles. The monoisotopic (exact) mass is 342 g/mol. The molecule has 2 fully saturated rings. The Morgan fingerprint density at radius 1 is 0.652 bits per heavy atom. The highest BCUT2D eigenvalue weighted by Gasteiger charge is 2.50. The van der Waals surface area contributed by atoms with Gasteiger partial charge in [-0.1, -0.05) is 0 Å². The Hall–Kier alpha value is -0.440. The van der Waals surface area contributed by atoms with Crippen LogP contribution in [0.3, 0.4) is 0 Å². The van der Waals surface area contributed by atoms with Crippen molar-refractivity contribution in [2.45, 2.75) is 61.4 Å². The van der Waals surface area contributed by atoms with Gasteiger partial charge >= 0.3 is 0 Å². The Labute approximate surface area is 130 Å². The zero-order chi connectivity index (χ0) is 17.3.